The summed E-state index contributed by atoms with van der Waals surface area (Å²) in [7, 11) is 0. The molecule has 1 aromatic carbocycles. The molecule has 8 heteroatoms. The molecule has 0 radical (unpaired) electrons. The van der Waals surface area contributed by atoms with E-state index in [1.54, 1.807) is 12.1 Å². The average molecular weight is 376 g/mol. The van der Waals surface area contributed by atoms with Crippen molar-refractivity contribution in [3.05, 3.63) is 90.3 Å². The molecular weight excluding hydrogens is 362 g/mol. The molecule has 0 aliphatic carbocycles. The summed E-state index contributed by atoms with van der Waals surface area (Å²) in [6.07, 6.45) is 1.29. The fraction of sp³-hybridized carbons (Fsp3) is 0.118. The molecule has 2 heterocycles. The minimum absolute atomic E-state index is 0.189. The quantitative estimate of drug-likeness (QED) is 0.716. The van der Waals surface area contributed by atoms with Gasteiger partial charge in [-0.2, -0.15) is 0 Å². The molecule has 2 aromatic heterocycles. The lowest BCUT2D eigenvalue weighted by atomic mass is 10.1. The lowest BCUT2D eigenvalue weighted by molar-refractivity contribution is -0.122. The Labute approximate surface area is 151 Å². The van der Waals surface area contributed by atoms with Crippen LogP contribution in [0.1, 0.15) is 16.5 Å². The molecule has 0 fully saturated rings. The summed E-state index contributed by atoms with van der Waals surface area (Å²) in [5.41, 5.74) is -0.241. The topological polar surface area (TPSA) is 84.0 Å². The second kappa shape index (κ2) is 7.50. The monoisotopic (exact) mass is 375 g/mol. The van der Waals surface area contributed by atoms with Gasteiger partial charge in [0.1, 0.15) is 6.54 Å². The number of nitrogens with zero attached hydrogens (tertiary/aromatic N) is 1. The van der Waals surface area contributed by atoms with Gasteiger partial charge in [0.05, 0.1) is 6.04 Å². The Morgan fingerprint density at radius 2 is 1.96 bits per heavy atom. The van der Waals surface area contributed by atoms with Crippen molar-refractivity contribution in [3.8, 4) is 0 Å². The molecule has 0 unspecified atom stereocenters. The van der Waals surface area contributed by atoms with Gasteiger partial charge in [-0.15, -0.1) is 11.3 Å². The van der Waals surface area contributed by atoms with Gasteiger partial charge in [0.15, 0.2) is 0 Å². The second-order valence-electron chi connectivity index (χ2n) is 5.31. The molecule has 0 bridgehead atoms. The number of H-pyrrole nitrogens is 1. The Morgan fingerprint density at radius 3 is 2.60 bits per heavy atom. The van der Waals surface area contributed by atoms with Crippen LogP contribution in [0.3, 0.4) is 0 Å². The van der Waals surface area contributed by atoms with E-state index in [9.17, 15) is 14.4 Å². The van der Waals surface area contributed by atoms with Gasteiger partial charge < -0.3 is 5.32 Å². The first-order valence-corrected chi connectivity index (χ1v) is 8.67. The minimum atomic E-state index is -0.623. The molecular formula is C17H14ClN3O3S. The maximum absolute atomic E-state index is 12.4. The largest absolute Gasteiger partial charge is 0.343 e. The first-order valence-electron chi connectivity index (χ1n) is 7.41. The van der Waals surface area contributed by atoms with Gasteiger partial charge in [0, 0.05) is 22.2 Å². The second-order valence-corrected chi connectivity index (χ2v) is 6.72. The summed E-state index contributed by atoms with van der Waals surface area (Å²) in [4.78, 5) is 38.3. The number of hydrogen-bond acceptors (Lipinski definition) is 4. The Bertz CT molecular complexity index is 977. The fourth-order valence-corrected chi connectivity index (χ4v) is 3.29. The van der Waals surface area contributed by atoms with Crippen LogP contribution in [0.5, 0.6) is 0 Å². The zero-order chi connectivity index (χ0) is 17.8. The SMILES string of the molecule is O=C(Cn1ccc(=O)[nH]c1=O)N[C@H](c1ccc(Cl)cc1)c1cccs1. The van der Waals surface area contributed by atoms with E-state index in [0.717, 1.165) is 15.0 Å². The number of rotatable bonds is 5. The van der Waals surface area contributed by atoms with Crippen LogP contribution in [-0.4, -0.2) is 15.5 Å². The summed E-state index contributed by atoms with van der Waals surface area (Å²) in [6.45, 7) is -0.189. The Kier molecular flexibility index (Phi) is 5.16. The molecule has 0 aliphatic heterocycles. The number of aromatic amines is 1. The van der Waals surface area contributed by atoms with Crippen molar-refractivity contribution in [1.29, 1.82) is 0 Å². The number of hydrogen-bond donors (Lipinski definition) is 2. The lowest BCUT2D eigenvalue weighted by Gasteiger charge is -2.18. The van der Waals surface area contributed by atoms with Crippen LogP contribution in [0.25, 0.3) is 0 Å². The van der Waals surface area contributed by atoms with Gasteiger partial charge in [-0.3, -0.25) is 19.1 Å². The van der Waals surface area contributed by atoms with Crippen molar-refractivity contribution in [2.24, 2.45) is 0 Å². The van der Waals surface area contributed by atoms with Crippen molar-refractivity contribution in [1.82, 2.24) is 14.9 Å². The van der Waals surface area contributed by atoms with E-state index in [4.69, 9.17) is 11.6 Å². The third kappa shape index (κ3) is 4.26. The van der Waals surface area contributed by atoms with E-state index < -0.39 is 11.2 Å². The minimum Gasteiger partial charge on any atom is -0.343 e. The van der Waals surface area contributed by atoms with E-state index in [2.05, 4.69) is 10.3 Å². The molecule has 25 heavy (non-hydrogen) atoms. The third-order valence-corrected chi connectivity index (χ3v) is 4.74. The summed E-state index contributed by atoms with van der Waals surface area (Å²) in [5.74, 6) is -0.345. The Balaban J connectivity index is 1.82. The number of nitrogens with one attached hydrogen (secondary N) is 2. The predicted molar refractivity (Wildman–Crippen MR) is 97.1 cm³/mol. The maximum Gasteiger partial charge on any atom is 0.328 e. The van der Waals surface area contributed by atoms with Crippen molar-refractivity contribution in [2.45, 2.75) is 12.6 Å². The highest BCUT2D eigenvalue weighted by Crippen LogP contribution is 2.27. The molecule has 0 saturated carbocycles. The smallest absolute Gasteiger partial charge is 0.328 e. The first kappa shape index (κ1) is 17.2. The van der Waals surface area contributed by atoms with E-state index in [1.165, 1.54) is 23.6 Å². The number of halogens is 1. The molecule has 6 nitrogen and oxygen atoms in total. The van der Waals surface area contributed by atoms with Gasteiger partial charge in [-0.1, -0.05) is 29.8 Å². The molecule has 0 saturated heterocycles. The van der Waals surface area contributed by atoms with Crippen molar-refractivity contribution < 1.29 is 4.79 Å². The van der Waals surface area contributed by atoms with Crippen molar-refractivity contribution in [3.63, 3.8) is 0 Å². The van der Waals surface area contributed by atoms with Crippen molar-refractivity contribution >= 4 is 28.8 Å². The van der Waals surface area contributed by atoms with Gasteiger partial charge in [-0.05, 0) is 29.1 Å². The van der Waals surface area contributed by atoms with Crippen LogP contribution >= 0.6 is 22.9 Å². The zero-order valence-corrected chi connectivity index (χ0v) is 14.5. The van der Waals surface area contributed by atoms with Crippen LogP contribution in [-0.2, 0) is 11.3 Å². The lowest BCUT2D eigenvalue weighted by Crippen LogP contribution is -2.37. The first-order chi connectivity index (χ1) is 12.0. The summed E-state index contributed by atoms with van der Waals surface area (Å²) < 4.78 is 1.14. The number of aromatic nitrogens is 2. The van der Waals surface area contributed by atoms with Gasteiger partial charge >= 0.3 is 5.69 Å². The standard InChI is InChI=1S/C17H14ClN3O3S/c18-12-5-3-11(4-6-12)16(13-2-1-9-25-13)19-15(23)10-21-8-7-14(22)20-17(21)24/h1-9,16H,10H2,(H,19,23)(H,20,22,24)/t16-/m1/s1. The maximum atomic E-state index is 12.4. The van der Waals surface area contributed by atoms with Crippen LogP contribution in [0.15, 0.2) is 63.6 Å². The highest BCUT2D eigenvalue weighted by atomic mass is 35.5. The summed E-state index contributed by atoms with van der Waals surface area (Å²) >= 11 is 7.45. The van der Waals surface area contributed by atoms with E-state index in [-0.39, 0.29) is 18.5 Å². The molecule has 2 N–H and O–H groups in total. The number of benzene rings is 1. The van der Waals surface area contributed by atoms with E-state index in [0.29, 0.717) is 5.02 Å². The normalized spacial score (nSPS) is 11.9. The van der Waals surface area contributed by atoms with Gasteiger partial charge in [0.25, 0.3) is 5.56 Å². The molecule has 0 aliphatic rings. The number of thiophene rings is 1. The zero-order valence-electron chi connectivity index (χ0n) is 12.9. The summed E-state index contributed by atoms with van der Waals surface area (Å²) in [5, 5.41) is 5.46. The number of carbonyl (C=O) groups is 1. The van der Waals surface area contributed by atoms with Gasteiger partial charge in [0.2, 0.25) is 5.91 Å². The van der Waals surface area contributed by atoms with Gasteiger partial charge in [-0.25, -0.2) is 4.79 Å². The number of amides is 1. The summed E-state index contributed by atoms with van der Waals surface area (Å²) in [6, 6.07) is 11.9. The highest BCUT2D eigenvalue weighted by molar-refractivity contribution is 7.10. The van der Waals surface area contributed by atoms with Crippen LogP contribution in [0.2, 0.25) is 5.02 Å². The molecule has 3 rings (SSSR count). The predicted octanol–water partition coefficient (Wildman–Crippen LogP) is 2.16. The van der Waals surface area contributed by atoms with Crippen molar-refractivity contribution in [2.75, 3.05) is 0 Å². The average Bonchev–Trinajstić information content (AvgIpc) is 3.10. The fourth-order valence-electron chi connectivity index (χ4n) is 2.36. The number of carbonyl (C=O) groups excluding carboxylic acids is 1. The third-order valence-electron chi connectivity index (χ3n) is 3.55. The Morgan fingerprint density at radius 1 is 1.20 bits per heavy atom. The highest BCUT2D eigenvalue weighted by Gasteiger charge is 2.18. The van der Waals surface area contributed by atoms with Crippen LogP contribution < -0.4 is 16.6 Å². The molecule has 3 aromatic rings. The molecule has 0 spiro atoms. The van der Waals surface area contributed by atoms with Crippen LogP contribution in [0.4, 0.5) is 0 Å². The molecule has 1 amide bonds. The van der Waals surface area contributed by atoms with Crippen LogP contribution in [0, 0.1) is 0 Å². The Hall–Kier alpha value is -2.64. The molecule has 128 valence electrons. The van der Waals surface area contributed by atoms with E-state index >= 15 is 0 Å². The molecule has 1 atom stereocenters. The van der Waals surface area contributed by atoms with E-state index in [1.807, 2.05) is 29.6 Å².